The molecule has 158 valence electrons. The van der Waals surface area contributed by atoms with Crippen LogP contribution in [-0.4, -0.2) is 53.7 Å². The molecule has 1 unspecified atom stereocenters. The van der Waals surface area contributed by atoms with Gasteiger partial charge in [-0.05, 0) is 30.7 Å². The first-order valence-electron chi connectivity index (χ1n) is 9.20. The third-order valence-electron chi connectivity index (χ3n) is 4.19. The molecule has 9 heteroatoms. The van der Waals surface area contributed by atoms with Crippen molar-refractivity contribution in [3.05, 3.63) is 54.1 Å². The maximum atomic E-state index is 12.3. The minimum Gasteiger partial charge on any atom is -0.464 e. The summed E-state index contributed by atoms with van der Waals surface area (Å²) in [6.45, 7) is 3.47. The van der Waals surface area contributed by atoms with Gasteiger partial charge in [0.15, 0.2) is 4.84 Å². The lowest BCUT2D eigenvalue weighted by Gasteiger charge is -2.34. The number of primary amides is 1. The first-order valence-corrected chi connectivity index (χ1v) is 10.1. The molecule has 1 aliphatic rings. The van der Waals surface area contributed by atoms with Gasteiger partial charge in [-0.25, -0.2) is 4.79 Å². The summed E-state index contributed by atoms with van der Waals surface area (Å²) in [5.41, 5.74) is 5.07. The zero-order valence-corrected chi connectivity index (χ0v) is 17.7. The molecule has 3 amide bonds. The number of nitrogens with zero attached hydrogens (tertiary/aromatic N) is 1. The Morgan fingerprint density at radius 3 is 2.59 bits per heavy atom. The van der Waals surface area contributed by atoms with Crippen LogP contribution in [0.5, 0.6) is 5.75 Å². The van der Waals surface area contributed by atoms with Crippen molar-refractivity contribution in [1.29, 1.82) is 0 Å². The molecule has 0 radical (unpaired) electrons. The van der Waals surface area contributed by atoms with Gasteiger partial charge in [0.2, 0.25) is 5.72 Å². The van der Waals surface area contributed by atoms with E-state index in [9.17, 15) is 9.59 Å². The number of amides is 3. The summed E-state index contributed by atoms with van der Waals surface area (Å²) in [6, 6.07) is 8.39. The van der Waals surface area contributed by atoms with E-state index in [1.165, 1.54) is 4.90 Å². The van der Waals surface area contributed by atoms with E-state index >= 15 is 0 Å². The second-order valence-electron chi connectivity index (χ2n) is 6.37. The van der Waals surface area contributed by atoms with Crippen molar-refractivity contribution in [3.63, 3.8) is 0 Å². The van der Waals surface area contributed by atoms with Crippen LogP contribution < -0.4 is 15.8 Å². The van der Waals surface area contributed by atoms with E-state index in [2.05, 4.69) is 5.32 Å². The fraction of sp³-hybridized carbons (Fsp3) is 0.400. The summed E-state index contributed by atoms with van der Waals surface area (Å²) >= 11 is 11.5. The van der Waals surface area contributed by atoms with Crippen LogP contribution in [0.3, 0.4) is 0 Å². The van der Waals surface area contributed by atoms with Crippen LogP contribution in [0.1, 0.15) is 13.3 Å². The SMILES string of the molecule is CCOCCN(CC1=CCC(NC(N)=O)(Oc2ccccc2)C=C1)C(=O)C(Cl)Cl. The number of nitrogens with one attached hydrogen (secondary N) is 1. The predicted octanol–water partition coefficient (Wildman–Crippen LogP) is 2.99. The quantitative estimate of drug-likeness (QED) is 0.331. The Morgan fingerprint density at radius 2 is 2.03 bits per heavy atom. The van der Waals surface area contributed by atoms with Gasteiger partial charge < -0.3 is 20.1 Å². The maximum absolute atomic E-state index is 12.3. The first-order chi connectivity index (χ1) is 13.8. The van der Waals surface area contributed by atoms with E-state index in [0.29, 0.717) is 38.5 Å². The van der Waals surface area contributed by atoms with Gasteiger partial charge in [0.1, 0.15) is 5.75 Å². The third-order valence-corrected chi connectivity index (χ3v) is 4.57. The first kappa shape index (κ1) is 23.1. The Balaban J connectivity index is 2.11. The number of rotatable bonds is 10. The monoisotopic (exact) mass is 441 g/mol. The highest BCUT2D eigenvalue weighted by molar-refractivity contribution is 6.53. The van der Waals surface area contributed by atoms with Crippen molar-refractivity contribution in [1.82, 2.24) is 10.2 Å². The molecule has 1 aliphatic carbocycles. The topological polar surface area (TPSA) is 93.9 Å². The van der Waals surface area contributed by atoms with Crippen molar-refractivity contribution in [2.24, 2.45) is 5.73 Å². The average molecular weight is 442 g/mol. The zero-order chi connectivity index (χ0) is 21.3. The Labute approximate surface area is 180 Å². The van der Waals surface area contributed by atoms with Crippen molar-refractivity contribution in [2.75, 3.05) is 26.3 Å². The smallest absolute Gasteiger partial charge is 0.315 e. The minimum absolute atomic E-state index is 0.302. The van der Waals surface area contributed by atoms with Gasteiger partial charge in [-0.15, -0.1) is 0 Å². The summed E-state index contributed by atoms with van der Waals surface area (Å²) in [6.07, 6.45) is 5.69. The standard InChI is InChI=1S/C20H25Cl2N3O4/c1-2-28-13-12-25(18(26)17(21)22)14-15-8-10-20(11-9-15,24-19(23)27)29-16-6-4-3-5-7-16/h3-10,17H,2,11-14H2,1H3,(H3,23,24,27). The second-order valence-corrected chi connectivity index (χ2v) is 7.46. The number of urea groups is 1. The van der Waals surface area contributed by atoms with Crippen LogP contribution in [0, 0.1) is 0 Å². The molecule has 7 nitrogen and oxygen atoms in total. The van der Waals surface area contributed by atoms with Crippen LogP contribution in [0.15, 0.2) is 54.1 Å². The number of carbonyl (C=O) groups excluding carboxylic acids is 2. The summed E-state index contributed by atoms with van der Waals surface area (Å²) in [4.78, 5) is 24.2. The normalized spacial score (nSPS) is 18.3. The number of ether oxygens (including phenoxy) is 2. The van der Waals surface area contributed by atoms with Gasteiger partial charge in [0.05, 0.1) is 6.61 Å². The summed E-state index contributed by atoms with van der Waals surface area (Å²) < 4.78 is 11.3. The number of hydrogen-bond donors (Lipinski definition) is 2. The molecule has 1 atom stereocenters. The van der Waals surface area contributed by atoms with Gasteiger partial charge in [-0.1, -0.05) is 53.6 Å². The Morgan fingerprint density at radius 1 is 1.31 bits per heavy atom. The fourth-order valence-corrected chi connectivity index (χ4v) is 3.10. The molecule has 0 spiro atoms. The summed E-state index contributed by atoms with van der Waals surface area (Å²) in [7, 11) is 0. The number of para-hydroxylation sites is 1. The van der Waals surface area contributed by atoms with E-state index in [4.69, 9.17) is 38.4 Å². The molecule has 2 rings (SSSR count). The van der Waals surface area contributed by atoms with Crippen molar-refractivity contribution < 1.29 is 19.1 Å². The van der Waals surface area contributed by atoms with Gasteiger partial charge in [0.25, 0.3) is 5.91 Å². The molecular weight excluding hydrogens is 417 g/mol. The molecular formula is C20H25Cl2N3O4. The second kappa shape index (κ2) is 11.1. The molecule has 1 aromatic carbocycles. The van der Waals surface area contributed by atoms with E-state index in [0.717, 1.165) is 5.57 Å². The average Bonchev–Trinajstić information content (AvgIpc) is 2.68. The van der Waals surface area contributed by atoms with Gasteiger partial charge in [-0.2, -0.15) is 0 Å². The molecule has 3 N–H and O–H groups in total. The molecule has 29 heavy (non-hydrogen) atoms. The van der Waals surface area contributed by atoms with Crippen LogP contribution in [0.4, 0.5) is 4.79 Å². The van der Waals surface area contributed by atoms with Gasteiger partial charge in [-0.3, -0.25) is 10.1 Å². The number of nitrogens with two attached hydrogens (primary N) is 1. The highest BCUT2D eigenvalue weighted by Crippen LogP contribution is 2.26. The number of hydrogen-bond acceptors (Lipinski definition) is 4. The largest absolute Gasteiger partial charge is 0.464 e. The third kappa shape index (κ3) is 7.27. The van der Waals surface area contributed by atoms with Crippen LogP contribution >= 0.6 is 23.2 Å². The van der Waals surface area contributed by atoms with E-state index in [1.54, 1.807) is 24.3 Å². The molecule has 0 saturated carbocycles. The predicted molar refractivity (Wildman–Crippen MR) is 113 cm³/mol. The van der Waals surface area contributed by atoms with Crippen LogP contribution in [-0.2, 0) is 9.53 Å². The van der Waals surface area contributed by atoms with Crippen LogP contribution in [0.25, 0.3) is 0 Å². The Hall–Kier alpha value is -2.22. The van der Waals surface area contributed by atoms with Crippen molar-refractivity contribution in [2.45, 2.75) is 23.9 Å². The molecule has 0 saturated heterocycles. The number of benzene rings is 1. The van der Waals surface area contributed by atoms with Gasteiger partial charge >= 0.3 is 6.03 Å². The highest BCUT2D eigenvalue weighted by atomic mass is 35.5. The Kier molecular flexibility index (Phi) is 8.82. The molecule has 0 fully saturated rings. The number of alkyl halides is 2. The zero-order valence-electron chi connectivity index (χ0n) is 16.1. The van der Waals surface area contributed by atoms with Crippen LogP contribution in [0.2, 0.25) is 0 Å². The Bertz CT molecular complexity index is 755. The number of halogens is 2. The molecule has 0 aromatic heterocycles. The van der Waals surface area contributed by atoms with E-state index < -0.39 is 22.5 Å². The maximum Gasteiger partial charge on any atom is 0.315 e. The minimum atomic E-state index is -1.15. The lowest BCUT2D eigenvalue weighted by atomic mass is 9.98. The molecule has 1 aromatic rings. The highest BCUT2D eigenvalue weighted by Gasteiger charge is 2.32. The van der Waals surface area contributed by atoms with Crippen molar-refractivity contribution >= 4 is 35.1 Å². The molecule has 0 aliphatic heterocycles. The number of carbonyl (C=O) groups is 2. The van der Waals surface area contributed by atoms with Crippen molar-refractivity contribution in [3.8, 4) is 5.75 Å². The molecule has 0 heterocycles. The van der Waals surface area contributed by atoms with E-state index in [1.807, 2.05) is 31.2 Å². The fourth-order valence-electron chi connectivity index (χ4n) is 2.82. The van der Waals surface area contributed by atoms with Gasteiger partial charge in [0, 0.05) is 26.1 Å². The lowest BCUT2D eigenvalue weighted by molar-refractivity contribution is -0.129. The van der Waals surface area contributed by atoms with E-state index in [-0.39, 0.29) is 0 Å². The lowest BCUT2D eigenvalue weighted by Crippen LogP contribution is -2.54. The summed E-state index contributed by atoms with van der Waals surface area (Å²) in [5.74, 6) is 0.193. The molecule has 0 bridgehead atoms. The summed E-state index contributed by atoms with van der Waals surface area (Å²) in [5, 5.41) is 2.64.